The molecular formula is C19H26N2. The Hall–Kier alpha value is -1.80. The third-order valence-corrected chi connectivity index (χ3v) is 3.88. The van der Waals surface area contributed by atoms with Crippen LogP contribution in [0.3, 0.4) is 0 Å². The van der Waals surface area contributed by atoms with E-state index in [4.69, 9.17) is 0 Å². The number of nitrogens with zero attached hydrogens (tertiary/aromatic N) is 1. The maximum absolute atomic E-state index is 3.47. The maximum atomic E-state index is 3.47. The van der Waals surface area contributed by atoms with E-state index in [0.29, 0.717) is 0 Å². The Morgan fingerprint density at radius 2 is 1.62 bits per heavy atom. The van der Waals surface area contributed by atoms with Gasteiger partial charge in [-0.3, -0.25) is 0 Å². The summed E-state index contributed by atoms with van der Waals surface area (Å²) in [6, 6.07) is 15.4. The van der Waals surface area contributed by atoms with Crippen LogP contribution in [0.1, 0.15) is 30.0 Å². The minimum Gasteiger partial charge on any atom is -0.345 e. The Bertz CT molecular complexity index is 573. The molecular weight excluding hydrogens is 256 g/mol. The van der Waals surface area contributed by atoms with Crippen LogP contribution in [0.5, 0.6) is 0 Å². The summed E-state index contributed by atoms with van der Waals surface area (Å²) in [4.78, 5) is 2.23. The van der Waals surface area contributed by atoms with Crippen molar-refractivity contribution in [2.45, 2.75) is 33.7 Å². The van der Waals surface area contributed by atoms with Crippen LogP contribution in [0, 0.1) is 13.8 Å². The average molecular weight is 282 g/mol. The van der Waals surface area contributed by atoms with Crippen molar-refractivity contribution in [1.29, 1.82) is 0 Å². The Labute approximate surface area is 128 Å². The topological polar surface area (TPSA) is 15.3 Å². The number of anilines is 2. The first-order valence-electron chi connectivity index (χ1n) is 7.72. The van der Waals surface area contributed by atoms with E-state index < -0.39 is 0 Å². The first kappa shape index (κ1) is 15.6. The summed E-state index contributed by atoms with van der Waals surface area (Å²) in [5.41, 5.74) is 6.47. The van der Waals surface area contributed by atoms with Gasteiger partial charge in [0.15, 0.2) is 0 Å². The van der Waals surface area contributed by atoms with Crippen LogP contribution in [0.2, 0.25) is 0 Å². The summed E-state index contributed by atoms with van der Waals surface area (Å²) in [7, 11) is 2.12. The first-order valence-corrected chi connectivity index (χ1v) is 7.72. The summed E-state index contributed by atoms with van der Waals surface area (Å²) in [5, 5.41) is 3.47. The maximum Gasteiger partial charge on any atom is 0.0410 e. The lowest BCUT2D eigenvalue weighted by molar-refractivity contribution is 0.673. The predicted molar refractivity (Wildman–Crippen MR) is 92.4 cm³/mol. The van der Waals surface area contributed by atoms with Crippen LogP contribution in [-0.4, -0.2) is 13.6 Å². The summed E-state index contributed by atoms with van der Waals surface area (Å²) < 4.78 is 0. The highest BCUT2D eigenvalue weighted by molar-refractivity contribution is 5.63. The summed E-state index contributed by atoms with van der Waals surface area (Å²) >= 11 is 0. The van der Waals surface area contributed by atoms with Crippen molar-refractivity contribution >= 4 is 11.4 Å². The highest BCUT2D eigenvalue weighted by atomic mass is 15.1. The molecule has 0 saturated heterocycles. The SMILES string of the molecule is CCCNCc1ccc(N(C)c2ccc(C)cc2)cc1C. The largest absolute Gasteiger partial charge is 0.345 e. The van der Waals surface area contributed by atoms with Crippen molar-refractivity contribution in [1.82, 2.24) is 5.32 Å². The fourth-order valence-electron chi connectivity index (χ4n) is 2.40. The molecule has 0 aliphatic carbocycles. The molecule has 0 atom stereocenters. The van der Waals surface area contributed by atoms with Gasteiger partial charge in [0.2, 0.25) is 0 Å². The molecule has 0 amide bonds. The highest BCUT2D eigenvalue weighted by Crippen LogP contribution is 2.25. The molecule has 0 saturated carbocycles. The molecule has 1 N–H and O–H groups in total. The molecule has 2 aromatic carbocycles. The van der Waals surface area contributed by atoms with Crippen LogP contribution in [0.25, 0.3) is 0 Å². The molecule has 2 nitrogen and oxygen atoms in total. The molecule has 0 radical (unpaired) electrons. The molecule has 0 aliphatic heterocycles. The van der Waals surface area contributed by atoms with Crippen molar-refractivity contribution in [3.63, 3.8) is 0 Å². The number of aryl methyl sites for hydroxylation is 2. The zero-order valence-electron chi connectivity index (χ0n) is 13.6. The van der Waals surface area contributed by atoms with Gasteiger partial charge >= 0.3 is 0 Å². The van der Waals surface area contributed by atoms with Gasteiger partial charge in [-0.15, -0.1) is 0 Å². The smallest absolute Gasteiger partial charge is 0.0410 e. The second-order valence-corrected chi connectivity index (χ2v) is 5.68. The number of hydrogen-bond acceptors (Lipinski definition) is 2. The molecule has 2 aromatic rings. The second kappa shape index (κ2) is 7.28. The van der Waals surface area contributed by atoms with Crippen LogP contribution in [0.15, 0.2) is 42.5 Å². The van der Waals surface area contributed by atoms with Crippen molar-refractivity contribution in [3.05, 3.63) is 59.2 Å². The molecule has 0 aromatic heterocycles. The lowest BCUT2D eigenvalue weighted by Gasteiger charge is -2.21. The molecule has 0 spiro atoms. The van der Waals surface area contributed by atoms with E-state index in [1.807, 2.05) is 0 Å². The first-order chi connectivity index (χ1) is 10.1. The fourth-order valence-corrected chi connectivity index (χ4v) is 2.40. The number of hydrogen-bond donors (Lipinski definition) is 1. The lowest BCUT2D eigenvalue weighted by Crippen LogP contribution is -2.15. The third-order valence-electron chi connectivity index (χ3n) is 3.88. The zero-order valence-corrected chi connectivity index (χ0v) is 13.6. The van der Waals surface area contributed by atoms with Crippen LogP contribution in [0.4, 0.5) is 11.4 Å². The molecule has 112 valence electrons. The van der Waals surface area contributed by atoms with Gasteiger partial charge in [-0.1, -0.05) is 30.7 Å². The van der Waals surface area contributed by atoms with Gasteiger partial charge in [0, 0.05) is 25.0 Å². The third kappa shape index (κ3) is 4.08. The summed E-state index contributed by atoms with van der Waals surface area (Å²) in [6.07, 6.45) is 1.17. The van der Waals surface area contributed by atoms with Crippen LogP contribution in [-0.2, 0) is 6.54 Å². The number of rotatable bonds is 6. The minimum atomic E-state index is 0.953. The summed E-state index contributed by atoms with van der Waals surface area (Å²) in [5.74, 6) is 0. The normalized spacial score (nSPS) is 10.7. The van der Waals surface area contributed by atoms with Crippen LogP contribution < -0.4 is 10.2 Å². The molecule has 21 heavy (non-hydrogen) atoms. The summed E-state index contributed by atoms with van der Waals surface area (Å²) in [6.45, 7) is 8.53. The Morgan fingerprint density at radius 1 is 0.952 bits per heavy atom. The van der Waals surface area contributed by atoms with Gasteiger partial charge in [0.25, 0.3) is 0 Å². The van der Waals surface area contributed by atoms with Crippen molar-refractivity contribution < 1.29 is 0 Å². The van der Waals surface area contributed by atoms with Crippen molar-refractivity contribution in [3.8, 4) is 0 Å². The number of nitrogens with one attached hydrogen (secondary N) is 1. The Balaban J connectivity index is 2.13. The van der Waals surface area contributed by atoms with Gasteiger partial charge in [-0.2, -0.15) is 0 Å². The molecule has 0 heterocycles. The van der Waals surface area contributed by atoms with Gasteiger partial charge in [-0.25, -0.2) is 0 Å². The quantitative estimate of drug-likeness (QED) is 0.781. The average Bonchev–Trinajstić information content (AvgIpc) is 2.49. The van der Waals surface area contributed by atoms with E-state index in [1.54, 1.807) is 0 Å². The van der Waals surface area contributed by atoms with E-state index in [0.717, 1.165) is 13.1 Å². The predicted octanol–water partition coefficient (Wildman–Crippen LogP) is 4.57. The van der Waals surface area contributed by atoms with E-state index in [-0.39, 0.29) is 0 Å². The monoisotopic (exact) mass is 282 g/mol. The van der Waals surface area contributed by atoms with Gasteiger partial charge in [-0.05, 0) is 62.2 Å². The highest BCUT2D eigenvalue weighted by Gasteiger charge is 2.06. The molecule has 2 rings (SSSR count). The Morgan fingerprint density at radius 3 is 2.24 bits per heavy atom. The fraction of sp³-hybridized carbons (Fsp3) is 0.368. The molecule has 0 unspecified atom stereocenters. The Kier molecular flexibility index (Phi) is 5.40. The van der Waals surface area contributed by atoms with Gasteiger partial charge in [0.05, 0.1) is 0 Å². The second-order valence-electron chi connectivity index (χ2n) is 5.68. The van der Waals surface area contributed by atoms with Crippen LogP contribution >= 0.6 is 0 Å². The van der Waals surface area contributed by atoms with Gasteiger partial charge < -0.3 is 10.2 Å². The molecule has 0 aliphatic rings. The lowest BCUT2D eigenvalue weighted by atomic mass is 10.1. The van der Waals surface area contributed by atoms with Gasteiger partial charge in [0.1, 0.15) is 0 Å². The zero-order chi connectivity index (χ0) is 15.2. The molecule has 0 bridgehead atoms. The van der Waals surface area contributed by atoms with E-state index in [9.17, 15) is 0 Å². The number of benzene rings is 2. The van der Waals surface area contributed by atoms with Crippen molar-refractivity contribution in [2.24, 2.45) is 0 Å². The van der Waals surface area contributed by atoms with Crippen molar-refractivity contribution in [2.75, 3.05) is 18.5 Å². The van der Waals surface area contributed by atoms with E-state index in [1.165, 1.54) is 34.5 Å². The van der Waals surface area contributed by atoms with E-state index >= 15 is 0 Å². The molecule has 0 fully saturated rings. The standard InChI is InChI=1S/C19H26N2/c1-5-12-20-14-17-8-11-19(13-16(17)3)21(4)18-9-6-15(2)7-10-18/h6-11,13,20H,5,12,14H2,1-4H3. The van der Waals surface area contributed by atoms with E-state index in [2.05, 4.69) is 80.5 Å². The molecule has 2 heteroatoms. The minimum absolute atomic E-state index is 0.953.